The van der Waals surface area contributed by atoms with Crippen LogP contribution >= 0.6 is 23.4 Å². The molecule has 0 bridgehead atoms. The van der Waals surface area contributed by atoms with Gasteiger partial charge in [-0.1, -0.05) is 11.6 Å². The van der Waals surface area contributed by atoms with Gasteiger partial charge in [-0.05, 0) is 56.3 Å². The van der Waals surface area contributed by atoms with Crippen molar-refractivity contribution in [3.8, 4) is 6.07 Å². The van der Waals surface area contributed by atoms with Crippen molar-refractivity contribution in [2.24, 2.45) is 0 Å². The minimum Gasteiger partial charge on any atom is -0.339 e. The highest BCUT2D eigenvalue weighted by Crippen LogP contribution is 2.23. The zero-order valence-corrected chi connectivity index (χ0v) is 17.4. The third-order valence-electron chi connectivity index (χ3n) is 4.12. The van der Waals surface area contributed by atoms with Crippen LogP contribution in [0.4, 0.5) is 5.69 Å². The normalized spacial score (nSPS) is 10.2. The van der Waals surface area contributed by atoms with E-state index in [0.717, 1.165) is 4.90 Å². The minimum absolute atomic E-state index is 0.119. The summed E-state index contributed by atoms with van der Waals surface area (Å²) in [4.78, 5) is 27.3. The molecule has 0 unspecified atom stereocenters. The summed E-state index contributed by atoms with van der Waals surface area (Å²) in [6, 6.07) is 14.3. The Morgan fingerprint density at radius 3 is 2.39 bits per heavy atom. The van der Waals surface area contributed by atoms with Crippen LogP contribution in [0.25, 0.3) is 0 Å². The predicted octanol–water partition coefficient (Wildman–Crippen LogP) is 4.81. The fraction of sp³-hybridized carbons (Fsp3) is 0.286. The number of nitrogens with one attached hydrogen (secondary N) is 1. The maximum Gasteiger partial charge on any atom is 0.255 e. The molecule has 2 aromatic carbocycles. The fourth-order valence-electron chi connectivity index (χ4n) is 2.56. The Labute approximate surface area is 174 Å². The van der Waals surface area contributed by atoms with Crippen LogP contribution in [0.3, 0.4) is 0 Å². The van der Waals surface area contributed by atoms with Crippen LogP contribution in [0, 0.1) is 11.3 Å². The van der Waals surface area contributed by atoms with Crippen molar-refractivity contribution < 1.29 is 9.59 Å². The fourth-order valence-corrected chi connectivity index (χ4v) is 3.67. The van der Waals surface area contributed by atoms with Crippen LogP contribution in [0.2, 0.25) is 5.02 Å². The summed E-state index contributed by atoms with van der Waals surface area (Å²) in [5, 5.41) is 11.9. The first-order valence-electron chi connectivity index (χ1n) is 9.00. The monoisotopic (exact) mass is 415 g/mol. The van der Waals surface area contributed by atoms with Crippen molar-refractivity contribution in [3.05, 3.63) is 58.6 Å². The zero-order chi connectivity index (χ0) is 20.5. The van der Waals surface area contributed by atoms with Gasteiger partial charge >= 0.3 is 0 Å². The first-order valence-corrected chi connectivity index (χ1v) is 10.4. The first kappa shape index (κ1) is 21.8. The van der Waals surface area contributed by atoms with E-state index in [2.05, 4.69) is 11.4 Å². The summed E-state index contributed by atoms with van der Waals surface area (Å²) in [5.41, 5.74) is 1.61. The Bertz CT molecular complexity index is 874. The molecule has 0 saturated heterocycles. The maximum atomic E-state index is 12.4. The number of halogens is 1. The molecule has 0 fully saturated rings. The molecule has 7 heteroatoms. The van der Waals surface area contributed by atoms with E-state index in [0.29, 0.717) is 47.1 Å². The quantitative estimate of drug-likeness (QED) is 0.627. The third-order valence-corrected chi connectivity index (χ3v) is 5.44. The molecule has 1 N–H and O–H groups in total. The van der Waals surface area contributed by atoms with Crippen molar-refractivity contribution >= 4 is 40.9 Å². The van der Waals surface area contributed by atoms with E-state index in [4.69, 9.17) is 16.9 Å². The highest BCUT2D eigenvalue weighted by Gasteiger charge is 2.16. The predicted molar refractivity (Wildman–Crippen MR) is 114 cm³/mol. The number of thioether (sulfide) groups is 1. The highest BCUT2D eigenvalue weighted by molar-refractivity contribution is 7.99. The molecule has 0 aliphatic heterocycles. The first-order chi connectivity index (χ1) is 13.5. The molecule has 2 rings (SSSR count). The van der Waals surface area contributed by atoms with Crippen molar-refractivity contribution in [3.63, 3.8) is 0 Å². The summed E-state index contributed by atoms with van der Waals surface area (Å²) in [7, 11) is 0. The van der Waals surface area contributed by atoms with Crippen molar-refractivity contribution in [2.75, 3.05) is 24.2 Å². The lowest BCUT2D eigenvalue weighted by Crippen LogP contribution is -2.30. The molecular formula is C21H22ClN3O2S. The van der Waals surface area contributed by atoms with Crippen LogP contribution in [-0.2, 0) is 4.79 Å². The molecule has 2 aromatic rings. The van der Waals surface area contributed by atoms with Crippen LogP contribution in [0.5, 0.6) is 0 Å². The van der Waals surface area contributed by atoms with E-state index in [1.165, 1.54) is 0 Å². The molecule has 0 saturated carbocycles. The molecule has 0 aromatic heterocycles. The topological polar surface area (TPSA) is 73.2 Å². The van der Waals surface area contributed by atoms with Crippen LogP contribution < -0.4 is 5.32 Å². The van der Waals surface area contributed by atoms with Gasteiger partial charge in [-0.3, -0.25) is 9.59 Å². The van der Waals surface area contributed by atoms with Gasteiger partial charge in [0.1, 0.15) is 0 Å². The third kappa shape index (κ3) is 6.01. The number of hydrogen-bond acceptors (Lipinski definition) is 4. The number of amides is 2. The lowest BCUT2D eigenvalue weighted by atomic mass is 10.1. The summed E-state index contributed by atoms with van der Waals surface area (Å²) in [5.74, 6) is 0.371. The van der Waals surface area contributed by atoms with Crippen LogP contribution in [0.15, 0.2) is 47.4 Å². The summed E-state index contributed by atoms with van der Waals surface area (Å²) < 4.78 is 0. The van der Waals surface area contributed by atoms with E-state index >= 15 is 0 Å². The Morgan fingerprint density at radius 2 is 1.82 bits per heavy atom. The molecule has 0 aliphatic rings. The van der Waals surface area contributed by atoms with Gasteiger partial charge in [0.05, 0.1) is 22.2 Å². The van der Waals surface area contributed by atoms with Crippen molar-refractivity contribution in [1.29, 1.82) is 5.26 Å². The molecule has 0 atom stereocenters. The lowest BCUT2D eigenvalue weighted by molar-refractivity contribution is -0.115. The van der Waals surface area contributed by atoms with Gasteiger partial charge in [-0.25, -0.2) is 0 Å². The highest BCUT2D eigenvalue weighted by atomic mass is 35.5. The van der Waals surface area contributed by atoms with Gasteiger partial charge in [0.15, 0.2) is 0 Å². The molecule has 0 heterocycles. The average Bonchev–Trinajstić information content (AvgIpc) is 2.69. The Morgan fingerprint density at radius 1 is 1.14 bits per heavy atom. The maximum absolute atomic E-state index is 12.4. The van der Waals surface area contributed by atoms with Gasteiger partial charge in [-0.2, -0.15) is 5.26 Å². The van der Waals surface area contributed by atoms with E-state index < -0.39 is 0 Å². The molecular weight excluding hydrogens is 394 g/mol. The summed E-state index contributed by atoms with van der Waals surface area (Å²) >= 11 is 7.80. The van der Waals surface area contributed by atoms with Crippen molar-refractivity contribution in [1.82, 2.24) is 4.90 Å². The molecule has 0 radical (unpaired) electrons. The van der Waals surface area contributed by atoms with Crippen molar-refractivity contribution in [2.45, 2.75) is 25.2 Å². The number of carbonyl (C=O) groups is 2. The van der Waals surface area contributed by atoms with E-state index in [1.807, 2.05) is 26.0 Å². The van der Waals surface area contributed by atoms with Gasteiger partial charge in [0, 0.05) is 35.8 Å². The SMILES string of the molecule is CCN(CC)C(=O)c1ccc(NC(=O)CCSc2ccc(C#N)cc2)cc1Cl. The molecule has 5 nitrogen and oxygen atoms in total. The Hall–Kier alpha value is -2.49. The Kier molecular flexibility index (Phi) is 8.37. The number of anilines is 1. The second kappa shape index (κ2) is 10.7. The largest absolute Gasteiger partial charge is 0.339 e. The average molecular weight is 416 g/mol. The lowest BCUT2D eigenvalue weighted by Gasteiger charge is -2.19. The zero-order valence-electron chi connectivity index (χ0n) is 15.9. The van der Waals surface area contributed by atoms with Gasteiger partial charge in [-0.15, -0.1) is 11.8 Å². The van der Waals surface area contributed by atoms with E-state index in [9.17, 15) is 9.59 Å². The number of benzene rings is 2. The minimum atomic E-state index is -0.125. The standard InChI is InChI=1S/C21H22ClN3O2S/c1-3-25(4-2)21(27)18-10-7-16(13-19(18)22)24-20(26)11-12-28-17-8-5-15(14-23)6-9-17/h5-10,13H,3-4,11-12H2,1-2H3,(H,24,26). The van der Waals surface area contributed by atoms with Gasteiger partial charge in [0.25, 0.3) is 5.91 Å². The molecule has 2 amide bonds. The van der Waals surface area contributed by atoms with Gasteiger partial charge in [0.2, 0.25) is 5.91 Å². The molecule has 0 spiro atoms. The smallest absolute Gasteiger partial charge is 0.255 e. The second-order valence-corrected chi connectivity index (χ2v) is 7.53. The number of nitrogens with zero attached hydrogens (tertiary/aromatic N) is 2. The summed E-state index contributed by atoms with van der Waals surface area (Å²) in [6.07, 6.45) is 0.336. The molecule has 28 heavy (non-hydrogen) atoms. The van der Waals surface area contributed by atoms with Gasteiger partial charge < -0.3 is 10.2 Å². The molecule has 146 valence electrons. The second-order valence-electron chi connectivity index (χ2n) is 5.95. The number of nitriles is 1. The number of rotatable bonds is 8. The number of hydrogen-bond donors (Lipinski definition) is 1. The summed E-state index contributed by atoms with van der Waals surface area (Å²) in [6.45, 7) is 5.06. The van der Waals surface area contributed by atoms with E-state index in [-0.39, 0.29) is 11.8 Å². The number of carbonyl (C=O) groups excluding carboxylic acids is 2. The van der Waals surface area contributed by atoms with Crippen LogP contribution in [-0.4, -0.2) is 35.6 Å². The Balaban J connectivity index is 1.88. The van der Waals surface area contributed by atoms with Crippen LogP contribution in [0.1, 0.15) is 36.2 Å². The van der Waals surface area contributed by atoms with E-state index in [1.54, 1.807) is 47.0 Å². The molecule has 0 aliphatic carbocycles.